The Balaban J connectivity index is 1.64. The second-order valence-electron chi connectivity index (χ2n) is 7.00. The van der Waals surface area contributed by atoms with Crippen molar-refractivity contribution in [3.05, 3.63) is 46.1 Å². The van der Waals surface area contributed by atoms with Gasteiger partial charge in [0.05, 0.1) is 19.6 Å². The Bertz CT molecular complexity index is 756. The molecule has 1 aromatic heterocycles. The van der Waals surface area contributed by atoms with Gasteiger partial charge >= 0.3 is 0 Å². The third-order valence-corrected chi connectivity index (χ3v) is 6.30. The lowest BCUT2D eigenvalue weighted by atomic mass is 9.70. The quantitative estimate of drug-likeness (QED) is 0.656. The van der Waals surface area contributed by atoms with Crippen LogP contribution in [-0.2, 0) is 25.5 Å². The van der Waals surface area contributed by atoms with Gasteiger partial charge in [0.25, 0.3) is 0 Å². The highest BCUT2D eigenvalue weighted by molar-refractivity contribution is 7.09. The Morgan fingerprint density at radius 3 is 2.74 bits per heavy atom. The molecule has 2 amide bonds. The van der Waals surface area contributed by atoms with Crippen LogP contribution in [0.25, 0.3) is 0 Å². The molecule has 2 unspecified atom stereocenters. The lowest BCUT2D eigenvalue weighted by Crippen LogP contribution is -2.37. The third-order valence-electron chi connectivity index (χ3n) is 5.36. The molecule has 2 heterocycles. The van der Waals surface area contributed by atoms with Crippen LogP contribution < -0.4 is 5.32 Å². The average molecular weight is 391 g/mol. The number of hydrogen-bond donors (Lipinski definition) is 1. The first-order chi connectivity index (χ1) is 13.0. The van der Waals surface area contributed by atoms with Crippen molar-refractivity contribution in [1.29, 1.82) is 0 Å². The smallest absolute Gasteiger partial charge is 0.238 e. The normalized spacial score (nSPS) is 24.4. The Morgan fingerprint density at radius 2 is 2.07 bits per heavy atom. The summed E-state index contributed by atoms with van der Waals surface area (Å²) in [5.74, 6) is -0.307. The van der Waals surface area contributed by atoms with E-state index in [1.807, 2.05) is 6.08 Å². The molecule has 6 nitrogen and oxygen atoms in total. The van der Waals surface area contributed by atoms with E-state index in [1.54, 1.807) is 17.4 Å². The number of nitrogens with zero attached hydrogens (tertiary/aromatic N) is 1. The Morgan fingerprint density at radius 1 is 1.26 bits per heavy atom. The Hall–Kier alpha value is -2.12. The molecule has 1 N–H and O–H groups in total. The minimum atomic E-state index is -0.890. The fourth-order valence-electron chi connectivity index (χ4n) is 3.88. The van der Waals surface area contributed by atoms with Gasteiger partial charge in [0.15, 0.2) is 11.5 Å². The molecule has 1 aliphatic carbocycles. The highest BCUT2D eigenvalue weighted by atomic mass is 32.1. The lowest BCUT2D eigenvalue weighted by Gasteiger charge is -2.33. The van der Waals surface area contributed by atoms with Gasteiger partial charge in [0.1, 0.15) is 5.92 Å². The van der Waals surface area contributed by atoms with Crippen LogP contribution in [0, 0.1) is 11.3 Å². The molecule has 2 atom stereocenters. The number of likely N-dealkylation sites (N-methyl/N-ethyl adjacent to an activating group) is 1. The van der Waals surface area contributed by atoms with E-state index in [1.165, 1.54) is 19.1 Å². The van der Waals surface area contributed by atoms with Crippen LogP contribution in [0.15, 0.2) is 41.2 Å². The van der Waals surface area contributed by atoms with Crippen LogP contribution in [0.5, 0.6) is 0 Å². The number of imide groups is 1. The lowest BCUT2D eigenvalue weighted by molar-refractivity contribution is -0.127. The third kappa shape index (κ3) is 3.80. The molecule has 1 aliphatic heterocycles. The van der Waals surface area contributed by atoms with Crippen LogP contribution in [0.2, 0.25) is 0 Å². The van der Waals surface area contributed by atoms with Crippen LogP contribution in [0.3, 0.4) is 0 Å². The molecule has 0 saturated carbocycles. The van der Waals surface area contributed by atoms with Gasteiger partial charge in [-0.15, -0.1) is 11.3 Å². The molecule has 3 rings (SSSR count). The molecule has 2 aliphatic rings. The first kappa shape index (κ1) is 19.6. The van der Waals surface area contributed by atoms with Crippen molar-refractivity contribution in [2.45, 2.75) is 19.3 Å². The molecule has 1 fully saturated rings. The number of carbonyl (C=O) groups excluding carboxylic acids is 2. The first-order valence-corrected chi connectivity index (χ1v) is 9.97. The van der Waals surface area contributed by atoms with Gasteiger partial charge in [-0.1, -0.05) is 12.1 Å². The predicted molar refractivity (Wildman–Crippen MR) is 104 cm³/mol. The fourth-order valence-corrected chi connectivity index (χ4v) is 4.57. The first-order valence-electron chi connectivity index (χ1n) is 9.09. The van der Waals surface area contributed by atoms with E-state index in [4.69, 9.17) is 9.47 Å². The van der Waals surface area contributed by atoms with Gasteiger partial charge < -0.3 is 14.4 Å². The maximum atomic E-state index is 12.6. The molecule has 0 bridgehead atoms. The second-order valence-corrected chi connectivity index (χ2v) is 8.03. The van der Waals surface area contributed by atoms with Crippen LogP contribution in [0.1, 0.15) is 17.7 Å². The molecule has 7 heteroatoms. The van der Waals surface area contributed by atoms with Crippen molar-refractivity contribution in [2.24, 2.45) is 11.3 Å². The summed E-state index contributed by atoms with van der Waals surface area (Å²) in [4.78, 5) is 28.7. The average Bonchev–Trinajstić information content (AvgIpc) is 3.26. The molecule has 1 aromatic rings. The number of allylic oxidation sites excluding steroid dienone is 1. The molecule has 0 radical (unpaired) electrons. The van der Waals surface area contributed by atoms with Crippen molar-refractivity contribution in [3.8, 4) is 0 Å². The summed E-state index contributed by atoms with van der Waals surface area (Å²) in [6.07, 6.45) is 5.97. The number of rotatable bonds is 9. The number of fused-ring (bicyclic) bond motifs is 1. The summed E-state index contributed by atoms with van der Waals surface area (Å²) in [5, 5.41) is 4.57. The van der Waals surface area contributed by atoms with Gasteiger partial charge in [0.2, 0.25) is 11.8 Å². The summed E-state index contributed by atoms with van der Waals surface area (Å²) in [5.41, 5.74) is -0.890. The molecular weight excluding hydrogens is 364 g/mol. The van der Waals surface area contributed by atoms with E-state index >= 15 is 0 Å². The minimum absolute atomic E-state index is 0.250. The molecule has 27 heavy (non-hydrogen) atoms. The number of carbonyl (C=O) groups is 2. The monoisotopic (exact) mass is 390 g/mol. The SMILES string of the molecule is COC1=C(OC)C2C(=O)NC(=O)C2(CCCN(C)CCc2cccs2)C=C1. The zero-order chi connectivity index (χ0) is 19.4. The topological polar surface area (TPSA) is 67.9 Å². The number of thiophene rings is 1. The summed E-state index contributed by atoms with van der Waals surface area (Å²) >= 11 is 1.77. The Labute approximate surface area is 163 Å². The zero-order valence-corrected chi connectivity index (χ0v) is 16.8. The number of methoxy groups -OCH3 is 2. The van der Waals surface area contributed by atoms with Crippen molar-refractivity contribution in [1.82, 2.24) is 10.2 Å². The second kappa shape index (κ2) is 8.27. The fraction of sp³-hybridized carbons (Fsp3) is 0.500. The zero-order valence-electron chi connectivity index (χ0n) is 16.0. The van der Waals surface area contributed by atoms with E-state index in [-0.39, 0.29) is 11.8 Å². The molecule has 0 spiro atoms. The standard InChI is InChI=1S/C20H26N2O4S/c1-22(12-8-14-6-4-13-27-14)11-5-9-20-10-7-15(25-2)17(26-3)16(20)18(23)21-19(20)24/h4,6-7,10,13,16H,5,8-9,11-12H2,1-3H3,(H,21,23,24). The maximum absolute atomic E-state index is 12.6. The highest BCUT2D eigenvalue weighted by Crippen LogP contribution is 2.47. The summed E-state index contributed by atoms with van der Waals surface area (Å²) in [7, 11) is 5.12. The largest absolute Gasteiger partial charge is 0.496 e. The van der Waals surface area contributed by atoms with E-state index in [9.17, 15) is 9.59 Å². The molecule has 0 aromatic carbocycles. The van der Waals surface area contributed by atoms with Gasteiger partial charge in [-0.25, -0.2) is 0 Å². The van der Waals surface area contributed by atoms with E-state index in [2.05, 4.69) is 34.8 Å². The van der Waals surface area contributed by atoms with Crippen molar-refractivity contribution in [2.75, 3.05) is 34.4 Å². The van der Waals surface area contributed by atoms with Gasteiger partial charge in [0, 0.05) is 11.4 Å². The number of nitrogens with one attached hydrogen (secondary N) is 1. The molecular formula is C20H26N2O4S. The molecule has 146 valence electrons. The van der Waals surface area contributed by atoms with E-state index in [0.29, 0.717) is 17.9 Å². The number of amides is 2. The summed E-state index contributed by atoms with van der Waals surface area (Å²) < 4.78 is 10.8. The minimum Gasteiger partial charge on any atom is -0.496 e. The van der Waals surface area contributed by atoms with Gasteiger partial charge in [-0.2, -0.15) is 0 Å². The predicted octanol–water partition coefficient (Wildman–Crippen LogP) is 2.34. The maximum Gasteiger partial charge on any atom is 0.238 e. The Kier molecular flexibility index (Phi) is 6.01. The van der Waals surface area contributed by atoms with Crippen molar-refractivity contribution >= 4 is 23.2 Å². The van der Waals surface area contributed by atoms with Crippen LogP contribution in [-0.4, -0.2) is 51.1 Å². The van der Waals surface area contributed by atoms with Gasteiger partial charge in [-0.05, 0) is 50.4 Å². The van der Waals surface area contributed by atoms with Crippen LogP contribution >= 0.6 is 11.3 Å². The van der Waals surface area contributed by atoms with Crippen LogP contribution in [0.4, 0.5) is 0 Å². The number of ether oxygens (including phenoxy) is 2. The van der Waals surface area contributed by atoms with E-state index in [0.717, 1.165) is 25.9 Å². The summed E-state index contributed by atoms with van der Waals surface area (Å²) in [6.45, 7) is 1.83. The van der Waals surface area contributed by atoms with Crippen molar-refractivity contribution in [3.63, 3.8) is 0 Å². The highest BCUT2D eigenvalue weighted by Gasteiger charge is 2.57. The summed E-state index contributed by atoms with van der Waals surface area (Å²) in [6, 6.07) is 4.22. The van der Waals surface area contributed by atoms with E-state index < -0.39 is 11.3 Å². The van der Waals surface area contributed by atoms with Crippen molar-refractivity contribution < 1.29 is 19.1 Å². The van der Waals surface area contributed by atoms with Gasteiger partial charge in [-0.3, -0.25) is 14.9 Å². The molecule has 1 saturated heterocycles. The number of hydrogen-bond acceptors (Lipinski definition) is 6.